The van der Waals surface area contributed by atoms with Gasteiger partial charge in [0.1, 0.15) is 18.2 Å². The van der Waals surface area contributed by atoms with Gasteiger partial charge < -0.3 is 14.5 Å². The second-order valence-corrected chi connectivity index (χ2v) is 12.1. The van der Waals surface area contributed by atoms with Crippen LogP contribution in [0, 0.1) is 5.41 Å². The summed E-state index contributed by atoms with van der Waals surface area (Å²) in [5.41, 5.74) is 4.59. The van der Waals surface area contributed by atoms with E-state index in [4.69, 9.17) is 9.57 Å². The molecule has 0 aromatic heterocycles. The van der Waals surface area contributed by atoms with Gasteiger partial charge in [0.2, 0.25) is 5.91 Å². The Balaban J connectivity index is 1.16. The number of urea groups is 1. The van der Waals surface area contributed by atoms with Gasteiger partial charge in [-0.2, -0.15) is 5.06 Å². The molecule has 2 saturated heterocycles. The number of amides is 5. The Morgan fingerprint density at radius 2 is 1.76 bits per heavy atom. The Morgan fingerprint density at radius 3 is 2.37 bits per heavy atom. The second kappa shape index (κ2) is 9.44. The molecule has 2 N–H and O–H groups in total. The van der Waals surface area contributed by atoms with Crippen LogP contribution in [-0.4, -0.2) is 75.6 Å². The van der Waals surface area contributed by atoms with Gasteiger partial charge in [-0.15, -0.1) is 0 Å². The zero-order valence-corrected chi connectivity index (χ0v) is 22.5. The van der Waals surface area contributed by atoms with Gasteiger partial charge in [-0.25, -0.2) is 9.59 Å². The number of carbonyl (C=O) groups excluding carboxylic acids is 4. The van der Waals surface area contributed by atoms with Gasteiger partial charge in [-0.1, -0.05) is 30.3 Å². The van der Waals surface area contributed by atoms with Crippen LogP contribution in [0.15, 0.2) is 30.3 Å². The third-order valence-electron chi connectivity index (χ3n) is 8.20. The van der Waals surface area contributed by atoms with Gasteiger partial charge in [0, 0.05) is 13.6 Å². The van der Waals surface area contributed by atoms with E-state index in [0.717, 1.165) is 18.4 Å². The summed E-state index contributed by atoms with van der Waals surface area (Å²) in [6.07, 6.45) is 3.31. The fourth-order valence-corrected chi connectivity index (χ4v) is 5.59. The molecule has 1 aromatic rings. The number of hydrogen-bond donors (Lipinski definition) is 2. The molecule has 2 aliphatic heterocycles. The molecule has 0 radical (unpaired) electrons. The van der Waals surface area contributed by atoms with Gasteiger partial charge in [0.25, 0.3) is 5.91 Å². The first kappa shape index (κ1) is 26.3. The Kier molecular flexibility index (Phi) is 6.53. The summed E-state index contributed by atoms with van der Waals surface area (Å²) in [5.74, 6) is -0.826. The highest BCUT2D eigenvalue weighted by Crippen LogP contribution is 2.59. The number of fused-ring (bicyclic) bond motifs is 3. The number of benzene rings is 1. The number of nitrogens with one attached hydrogen (secondary N) is 2. The van der Waals surface area contributed by atoms with Crippen molar-refractivity contribution in [3.05, 3.63) is 35.9 Å². The lowest BCUT2D eigenvalue weighted by molar-refractivity contribution is -0.153. The van der Waals surface area contributed by atoms with E-state index in [-0.39, 0.29) is 30.5 Å². The summed E-state index contributed by atoms with van der Waals surface area (Å²) in [7, 11) is 1.63. The van der Waals surface area contributed by atoms with Crippen LogP contribution < -0.4 is 10.9 Å². The maximum atomic E-state index is 13.2. The normalized spacial score (nSPS) is 24.2. The van der Waals surface area contributed by atoms with Crippen molar-refractivity contribution in [1.29, 1.82) is 0 Å². The molecule has 2 bridgehead atoms. The van der Waals surface area contributed by atoms with Gasteiger partial charge in [-0.05, 0) is 63.9 Å². The van der Waals surface area contributed by atoms with Crippen molar-refractivity contribution in [2.75, 3.05) is 13.6 Å². The number of ether oxygens (including phenoxy) is 1. The Labute approximate surface area is 222 Å². The van der Waals surface area contributed by atoms with E-state index in [1.54, 1.807) is 32.7 Å². The zero-order valence-electron chi connectivity index (χ0n) is 22.5. The first-order chi connectivity index (χ1) is 17.9. The highest BCUT2D eigenvalue weighted by atomic mass is 16.7. The fourth-order valence-electron chi connectivity index (χ4n) is 5.59. The molecular weight excluding hydrogens is 490 g/mol. The second-order valence-electron chi connectivity index (χ2n) is 12.1. The summed E-state index contributed by atoms with van der Waals surface area (Å²) in [5, 5.41) is 1.45. The molecule has 2 aliphatic carbocycles. The standard InChI is InChI=1S/C27H37N5O6/c1-25(2,3)38-24(36)30(4)27(12-13-27)15-21(33)28-29-22(34)19-14-26(10-11-26)20-16-31(19)23(35)32(20)37-17-18-8-6-5-7-9-18/h5-9,19-20H,10-17H2,1-4H3,(H,28,33)(H,29,34)/t19-,20+/m0/s1. The van der Waals surface area contributed by atoms with E-state index < -0.39 is 35.1 Å². The molecule has 4 aliphatic rings. The van der Waals surface area contributed by atoms with Crippen LogP contribution in [0.5, 0.6) is 0 Å². The number of nitrogens with zero attached hydrogens (tertiary/aromatic N) is 3. The molecule has 11 heteroatoms. The number of hydrazine groups is 1. The first-order valence-electron chi connectivity index (χ1n) is 13.3. The third kappa shape index (κ3) is 5.16. The SMILES string of the molecule is CN(C(=O)OC(C)(C)C)C1(CC(=O)NNC(=O)[C@@H]2CC3(CC3)[C@H]3CN2C(=O)N3OCc2ccccc2)CC1. The zero-order chi connectivity index (χ0) is 27.3. The highest BCUT2D eigenvalue weighted by molar-refractivity contribution is 5.90. The van der Waals surface area contributed by atoms with Crippen molar-refractivity contribution in [3.8, 4) is 0 Å². The van der Waals surface area contributed by atoms with Crippen LogP contribution >= 0.6 is 0 Å². The van der Waals surface area contributed by atoms with E-state index in [1.807, 2.05) is 30.3 Å². The van der Waals surface area contributed by atoms with Crippen LogP contribution in [0.1, 0.15) is 64.9 Å². The number of piperidine rings is 1. The van der Waals surface area contributed by atoms with Gasteiger partial charge in [0.15, 0.2) is 0 Å². The first-order valence-corrected chi connectivity index (χ1v) is 13.3. The Morgan fingerprint density at radius 1 is 1.08 bits per heavy atom. The van der Waals surface area contributed by atoms with Crippen LogP contribution in [-0.2, 0) is 25.8 Å². The molecule has 1 spiro atoms. The maximum Gasteiger partial charge on any atom is 0.410 e. The van der Waals surface area contributed by atoms with E-state index in [2.05, 4.69) is 10.9 Å². The van der Waals surface area contributed by atoms with Crippen LogP contribution in [0.2, 0.25) is 0 Å². The summed E-state index contributed by atoms with van der Waals surface area (Å²) >= 11 is 0. The lowest BCUT2D eigenvalue weighted by Gasteiger charge is -2.35. The summed E-state index contributed by atoms with van der Waals surface area (Å²) in [6.45, 7) is 6.07. The molecular formula is C27H37N5O6. The number of hydroxylamine groups is 2. The van der Waals surface area contributed by atoms with Crippen LogP contribution in [0.3, 0.4) is 0 Å². The van der Waals surface area contributed by atoms with E-state index in [9.17, 15) is 19.2 Å². The molecule has 11 nitrogen and oxygen atoms in total. The van der Waals surface area contributed by atoms with Gasteiger partial charge in [0.05, 0.1) is 18.0 Å². The largest absolute Gasteiger partial charge is 0.444 e. The topological polar surface area (TPSA) is 121 Å². The number of rotatable bonds is 7. The molecule has 2 atom stereocenters. The maximum absolute atomic E-state index is 13.2. The minimum Gasteiger partial charge on any atom is -0.444 e. The number of carbonyl (C=O) groups is 4. The quantitative estimate of drug-likeness (QED) is 0.526. The van der Waals surface area contributed by atoms with Crippen molar-refractivity contribution in [2.45, 2.75) is 89.1 Å². The van der Waals surface area contributed by atoms with Crippen molar-refractivity contribution in [3.63, 3.8) is 0 Å². The molecule has 1 aromatic carbocycles. The van der Waals surface area contributed by atoms with Crippen LogP contribution in [0.25, 0.3) is 0 Å². The lowest BCUT2D eigenvalue weighted by Crippen LogP contribution is -2.56. The van der Waals surface area contributed by atoms with Gasteiger partial charge >= 0.3 is 12.1 Å². The fraction of sp³-hybridized carbons (Fsp3) is 0.630. The van der Waals surface area contributed by atoms with Crippen LogP contribution in [0.4, 0.5) is 9.59 Å². The van der Waals surface area contributed by atoms with E-state index in [0.29, 0.717) is 25.8 Å². The molecule has 206 valence electrons. The van der Waals surface area contributed by atoms with Crippen molar-refractivity contribution >= 4 is 23.9 Å². The minimum absolute atomic E-state index is 0.0451. The third-order valence-corrected chi connectivity index (χ3v) is 8.20. The monoisotopic (exact) mass is 527 g/mol. The van der Waals surface area contributed by atoms with Crippen molar-refractivity contribution in [1.82, 2.24) is 25.7 Å². The molecule has 2 saturated carbocycles. The lowest BCUT2D eigenvalue weighted by atomic mass is 9.85. The smallest absolute Gasteiger partial charge is 0.410 e. The average Bonchev–Trinajstić information content (AvgIpc) is 3.79. The molecule has 5 amide bonds. The van der Waals surface area contributed by atoms with E-state index in [1.165, 1.54) is 9.96 Å². The summed E-state index contributed by atoms with van der Waals surface area (Å²) in [4.78, 5) is 60.5. The minimum atomic E-state index is -0.689. The van der Waals surface area contributed by atoms with Gasteiger partial charge in [-0.3, -0.25) is 25.3 Å². The van der Waals surface area contributed by atoms with Crippen molar-refractivity contribution < 1.29 is 28.8 Å². The Bertz CT molecular complexity index is 1110. The molecule has 0 unspecified atom stereocenters. The highest BCUT2D eigenvalue weighted by Gasteiger charge is 2.64. The number of hydrogen-bond acceptors (Lipinski definition) is 6. The average molecular weight is 528 g/mol. The van der Waals surface area contributed by atoms with Crippen molar-refractivity contribution in [2.24, 2.45) is 5.41 Å². The summed E-state index contributed by atoms with van der Waals surface area (Å²) in [6, 6.07) is 8.55. The molecule has 2 heterocycles. The predicted molar refractivity (Wildman–Crippen MR) is 136 cm³/mol. The molecule has 4 fully saturated rings. The predicted octanol–water partition coefficient (Wildman–Crippen LogP) is 2.71. The summed E-state index contributed by atoms with van der Waals surface area (Å²) < 4.78 is 5.43. The molecule has 38 heavy (non-hydrogen) atoms. The molecule has 5 rings (SSSR count). The Hall–Kier alpha value is -3.34. The van der Waals surface area contributed by atoms with E-state index >= 15 is 0 Å².